The highest BCUT2D eigenvalue weighted by Crippen LogP contribution is 2.22. The molecule has 2 amide bonds. The van der Waals surface area contributed by atoms with E-state index in [-0.39, 0.29) is 12.0 Å². The molecule has 23 heavy (non-hydrogen) atoms. The number of fused-ring (bicyclic) bond motifs is 1. The number of carbonyl (C=O) groups excluding carboxylic acids is 2. The Kier molecular flexibility index (Phi) is 4.22. The van der Waals surface area contributed by atoms with E-state index in [4.69, 9.17) is 4.74 Å². The fourth-order valence-electron chi connectivity index (χ4n) is 2.57. The largest absolute Gasteiger partial charge is 0.450 e. The van der Waals surface area contributed by atoms with Gasteiger partial charge in [-0.3, -0.25) is 15.1 Å². The Morgan fingerprint density at radius 1 is 1.43 bits per heavy atom. The standard InChI is InChI=1S/C15H17N5O3/c1-2-23-15(22)20-6-3-11-10(9-20)7-16-8-12(11)13(21)19-14-17-4-5-18-14/h4-5,7-8H,2-3,6,9H2,1H3,(H2,17,18,19,21). The van der Waals surface area contributed by atoms with Gasteiger partial charge in [0.15, 0.2) is 0 Å². The van der Waals surface area contributed by atoms with Crippen LogP contribution in [-0.2, 0) is 17.7 Å². The lowest BCUT2D eigenvalue weighted by Gasteiger charge is -2.28. The normalized spacial score (nSPS) is 13.3. The first-order chi connectivity index (χ1) is 11.2. The second-order valence-corrected chi connectivity index (χ2v) is 5.09. The molecule has 0 fully saturated rings. The molecule has 0 aromatic carbocycles. The maximum absolute atomic E-state index is 12.4. The van der Waals surface area contributed by atoms with Crippen LogP contribution in [0.25, 0.3) is 0 Å². The molecule has 8 heteroatoms. The smallest absolute Gasteiger partial charge is 0.410 e. The van der Waals surface area contributed by atoms with Crippen LogP contribution in [0.15, 0.2) is 24.8 Å². The van der Waals surface area contributed by atoms with Gasteiger partial charge in [-0.15, -0.1) is 0 Å². The van der Waals surface area contributed by atoms with Crippen LogP contribution >= 0.6 is 0 Å². The summed E-state index contributed by atoms with van der Waals surface area (Å²) in [4.78, 5) is 36.7. The molecule has 0 aliphatic carbocycles. The van der Waals surface area contributed by atoms with Gasteiger partial charge in [0.25, 0.3) is 5.91 Å². The first-order valence-electron chi connectivity index (χ1n) is 7.37. The number of anilines is 1. The van der Waals surface area contributed by atoms with Gasteiger partial charge >= 0.3 is 6.09 Å². The van der Waals surface area contributed by atoms with E-state index in [1.807, 2.05) is 0 Å². The molecule has 3 rings (SSSR count). The molecule has 0 saturated carbocycles. The molecule has 0 saturated heterocycles. The van der Waals surface area contributed by atoms with Gasteiger partial charge in [-0.25, -0.2) is 9.78 Å². The van der Waals surface area contributed by atoms with Crippen LogP contribution in [0.2, 0.25) is 0 Å². The minimum absolute atomic E-state index is 0.270. The van der Waals surface area contributed by atoms with Crippen LogP contribution in [0.3, 0.4) is 0 Å². The molecule has 0 atom stereocenters. The molecule has 0 radical (unpaired) electrons. The Balaban J connectivity index is 1.79. The lowest BCUT2D eigenvalue weighted by Crippen LogP contribution is -2.37. The summed E-state index contributed by atoms with van der Waals surface area (Å²) in [6, 6.07) is 0. The number of hydrogen-bond donors (Lipinski definition) is 2. The first kappa shape index (κ1) is 15.0. The number of aromatic nitrogens is 3. The van der Waals surface area contributed by atoms with Crippen molar-refractivity contribution in [3.05, 3.63) is 41.5 Å². The van der Waals surface area contributed by atoms with Gasteiger partial charge in [-0.2, -0.15) is 0 Å². The number of rotatable bonds is 3. The zero-order chi connectivity index (χ0) is 16.2. The SMILES string of the molecule is CCOC(=O)N1CCc2c(cncc2C(=O)Nc2ncc[nH]2)C1. The summed E-state index contributed by atoms with van der Waals surface area (Å²) in [6.45, 7) is 3.01. The molecule has 1 aliphatic heterocycles. The van der Waals surface area contributed by atoms with Crippen molar-refractivity contribution in [2.45, 2.75) is 19.9 Å². The van der Waals surface area contributed by atoms with Gasteiger partial charge in [-0.1, -0.05) is 0 Å². The zero-order valence-corrected chi connectivity index (χ0v) is 12.7. The Morgan fingerprint density at radius 2 is 2.30 bits per heavy atom. The van der Waals surface area contributed by atoms with Gasteiger partial charge in [-0.05, 0) is 24.5 Å². The summed E-state index contributed by atoms with van der Waals surface area (Å²) in [6.07, 6.45) is 6.65. The fraction of sp³-hybridized carbons (Fsp3) is 0.333. The average molecular weight is 315 g/mol. The summed E-state index contributed by atoms with van der Waals surface area (Å²) in [7, 11) is 0. The summed E-state index contributed by atoms with van der Waals surface area (Å²) in [5.41, 5.74) is 2.27. The molecule has 0 spiro atoms. The molecular weight excluding hydrogens is 298 g/mol. The van der Waals surface area contributed by atoms with Crippen molar-refractivity contribution < 1.29 is 14.3 Å². The lowest BCUT2D eigenvalue weighted by atomic mass is 9.97. The van der Waals surface area contributed by atoms with Gasteiger partial charge in [0.1, 0.15) is 0 Å². The van der Waals surface area contributed by atoms with Gasteiger partial charge < -0.3 is 14.6 Å². The lowest BCUT2D eigenvalue weighted by molar-refractivity contribution is 0.101. The van der Waals surface area contributed by atoms with Crippen LogP contribution < -0.4 is 5.32 Å². The van der Waals surface area contributed by atoms with Crippen LogP contribution in [0, 0.1) is 0 Å². The van der Waals surface area contributed by atoms with E-state index >= 15 is 0 Å². The maximum Gasteiger partial charge on any atom is 0.410 e. The van der Waals surface area contributed by atoms with E-state index < -0.39 is 0 Å². The highest BCUT2D eigenvalue weighted by molar-refractivity contribution is 6.04. The summed E-state index contributed by atoms with van der Waals surface area (Å²) in [5.74, 6) is 0.116. The van der Waals surface area contributed by atoms with Crippen molar-refractivity contribution in [3.8, 4) is 0 Å². The predicted molar refractivity (Wildman–Crippen MR) is 81.9 cm³/mol. The zero-order valence-electron chi connectivity index (χ0n) is 12.7. The number of ether oxygens (including phenoxy) is 1. The van der Waals surface area contributed by atoms with E-state index in [0.717, 1.165) is 11.1 Å². The Bertz CT molecular complexity index is 714. The van der Waals surface area contributed by atoms with E-state index in [9.17, 15) is 9.59 Å². The van der Waals surface area contributed by atoms with E-state index in [1.54, 1.807) is 30.4 Å². The third kappa shape index (κ3) is 3.15. The second kappa shape index (κ2) is 6.47. The van der Waals surface area contributed by atoms with Crippen molar-refractivity contribution in [2.75, 3.05) is 18.5 Å². The van der Waals surface area contributed by atoms with Crippen molar-refractivity contribution in [1.82, 2.24) is 19.9 Å². The van der Waals surface area contributed by atoms with E-state index in [1.165, 1.54) is 6.20 Å². The van der Waals surface area contributed by atoms with Gasteiger partial charge in [0.2, 0.25) is 5.95 Å². The molecule has 2 aromatic heterocycles. The topological polar surface area (TPSA) is 100 Å². The Morgan fingerprint density at radius 3 is 3.04 bits per heavy atom. The van der Waals surface area contributed by atoms with Gasteiger partial charge in [0.05, 0.1) is 18.7 Å². The molecular formula is C15H17N5O3. The number of amides is 2. The van der Waals surface area contributed by atoms with Crippen LogP contribution in [0.5, 0.6) is 0 Å². The molecule has 2 aromatic rings. The molecule has 1 aliphatic rings. The Hall–Kier alpha value is -2.90. The fourth-order valence-corrected chi connectivity index (χ4v) is 2.57. The van der Waals surface area contributed by atoms with Crippen LogP contribution in [0.1, 0.15) is 28.4 Å². The summed E-state index contributed by atoms with van der Waals surface area (Å²) >= 11 is 0. The molecule has 0 bridgehead atoms. The number of nitrogens with zero attached hydrogens (tertiary/aromatic N) is 3. The number of H-pyrrole nitrogens is 1. The number of nitrogens with one attached hydrogen (secondary N) is 2. The summed E-state index contributed by atoms with van der Waals surface area (Å²) in [5, 5.41) is 2.69. The van der Waals surface area contributed by atoms with Crippen molar-refractivity contribution in [3.63, 3.8) is 0 Å². The molecule has 2 N–H and O–H groups in total. The number of pyridine rings is 1. The van der Waals surface area contributed by atoms with Crippen molar-refractivity contribution in [1.29, 1.82) is 0 Å². The summed E-state index contributed by atoms with van der Waals surface area (Å²) < 4.78 is 5.02. The maximum atomic E-state index is 12.4. The number of imidazole rings is 1. The van der Waals surface area contributed by atoms with Crippen LogP contribution in [0.4, 0.5) is 10.7 Å². The number of hydrogen-bond acceptors (Lipinski definition) is 5. The van der Waals surface area contributed by atoms with E-state index in [0.29, 0.717) is 37.6 Å². The quantitative estimate of drug-likeness (QED) is 0.895. The second-order valence-electron chi connectivity index (χ2n) is 5.09. The average Bonchev–Trinajstić information content (AvgIpc) is 3.07. The highest BCUT2D eigenvalue weighted by atomic mass is 16.6. The third-order valence-electron chi connectivity index (χ3n) is 3.64. The Labute approximate surface area is 132 Å². The highest BCUT2D eigenvalue weighted by Gasteiger charge is 2.25. The van der Waals surface area contributed by atoms with Crippen molar-refractivity contribution >= 4 is 17.9 Å². The molecule has 8 nitrogen and oxygen atoms in total. The molecule has 0 unspecified atom stereocenters. The van der Waals surface area contributed by atoms with E-state index in [2.05, 4.69) is 20.3 Å². The van der Waals surface area contributed by atoms with Crippen molar-refractivity contribution in [2.24, 2.45) is 0 Å². The predicted octanol–water partition coefficient (Wildman–Crippen LogP) is 1.57. The van der Waals surface area contributed by atoms with Gasteiger partial charge in [0, 0.05) is 31.3 Å². The monoisotopic (exact) mass is 315 g/mol. The molecule has 120 valence electrons. The third-order valence-corrected chi connectivity index (χ3v) is 3.64. The minimum atomic E-state index is -0.344. The number of carbonyl (C=O) groups is 2. The molecule has 3 heterocycles. The van der Waals surface area contributed by atoms with Crippen LogP contribution in [-0.4, -0.2) is 45.0 Å². The first-order valence-corrected chi connectivity index (χ1v) is 7.37. The number of aromatic amines is 1. The minimum Gasteiger partial charge on any atom is -0.450 e.